The molecule has 2 aliphatic rings. The zero-order chi connectivity index (χ0) is 19.6. The predicted octanol–water partition coefficient (Wildman–Crippen LogP) is 3.56. The lowest BCUT2D eigenvalue weighted by Crippen LogP contribution is -2.57. The first kappa shape index (κ1) is 19.3. The summed E-state index contributed by atoms with van der Waals surface area (Å²) in [7, 11) is 1.68. The Morgan fingerprint density at radius 1 is 1.11 bits per heavy atom. The van der Waals surface area contributed by atoms with Crippen LogP contribution in [0, 0.1) is 11.8 Å². The molecule has 5 heteroatoms. The van der Waals surface area contributed by atoms with Crippen molar-refractivity contribution in [1.82, 2.24) is 14.9 Å². The van der Waals surface area contributed by atoms with Crippen LogP contribution in [0.3, 0.4) is 0 Å². The first-order valence-electron chi connectivity index (χ1n) is 10.5. The van der Waals surface area contributed by atoms with Gasteiger partial charge in [-0.15, -0.1) is 0 Å². The molecule has 2 heterocycles. The maximum Gasteiger partial charge on any atom is 0.128 e. The van der Waals surface area contributed by atoms with E-state index in [-0.39, 0.29) is 11.8 Å². The van der Waals surface area contributed by atoms with Crippen molar-refractivity contribution in [3.63, 3.8) is 0 Å². The molecule has 1 N–H and O–H groups in total. The molecule has 150 valence electrons. The predicted molar refractivity (Wildman–Crippen MR) is 109 cm³/mol. The van der Waals surface area contributed by atoms with Gasteiger partial charge in [0.2, 0.25) is 0 Å². The van der Waals surface area contributed by atoms with Crippen LogP contribution in [0.4, 0.5) is 0 Å². The molecule has 1 aromatic heterocycles. The monoisotopic (exact) mass is 381 g/mol. The lowest BCUT2D eigenvalue weighted by atomic mass is 9.62. The van der Waals surface area contributed by atoms with Crippen LogP contribution in [-0.2, 0) is 18.6 Å². The Bertz CT molecular complexity index is 761. The molecule has 0 spiro atoms. The van der Waals surface area contributed by atoms with E-state index in [0.717, 1.165) is 68.0 Å². The fraction of sp³-hybridized carbons (Fsp3) is 0.565. The van der Waals surface area contributed by atoms with Crippen LogP contribution in [-0.4, -0.2) is 40.2 Å². The van der Waals surface area contributed by atoms with Crippen LogP contribution in [0.25, 0.3) is 0 Å². The lowest BCUT2D eigenvalue weighted by molar-refractivity contribution is -0.148. The molecule has 2 fully saturated rings. The van der Waals surface area contributed by atoms with Crippen LogP contribution in [0.5, 0.6) is 5.75 Å². The third-order valence-electron chi connectivity index (χ3n) is 6.50. The molecule has 2 atom stereocenters. The normalized spacial score (nSPS) is 27.5. The number of hydrogen-bond donors (Lipinski definition) is 1. The molecule has 28 heavy (non-hydrogen) atoms. The average Bonchev–Trinajstić information content (AvgIpc) is 2.70. The van der Waals surface area contributed by atoms with Crippen LogP contribution < -0.4 is 4.74 Å². The van der Waals surface area contributed by atoms with E-state index in [1.807, 2.05) is 36.7 Å². The van der Waals surface area contributed by atoms with Gasteiger partial charge in [0.15, 0.2) is 0 Å². The second-order valence-corrected chi connectivity index (χ2v) is 8.33. The smallest absolute Gasteiger partial charge is 0.128 e. The standard InChI is InChI=1S/C23H31N3O2/c1-3-5-22-24-12-17(13-25-22)14-26-15-19-6-4-7-20(16-26)23(19,27)18-8-10-21(28-2)11-9-18/h8-13,19-20,27H,3-7,14-16H2,1-2H3/t19-,20-/m0/s1. The van der Waals surface area contributed by atoms with E-state index in [1.165, 1.54) is 6.42 Å². The Balaban J connectivity index is 1.49. The number of likely N-dealkylation sites (tertiary alicyclic amines) is 1. The number of rotatable bonds is 6. The first-order chi connectivity index (χ1) is 13.6. The number of piperidine rings is 1. The van der Waals surface area contributed by atoms with Crippen LogP contribution in [0.1, 0.15) is 49.6 Å². The zero-order valence-electron chi connectivity index (χ0n) is 17.0. The fourth-order valence-electron chi connectivity index (χ4n) is 5.08. The minimum atomic E-state index is -0.734. The topological polar surface area (TPSA) is 58.5 Å². The molecule has 0 amide bonds. The third-order valence-corrected chi connectivity index (χ3v) is 6.50. The van der Waals surface area contributed by atoms with Gasteiger partial charge in [-0.2, -0.15) is 0 Å². The van der Waals surface area contributed by atoms with Crippen molar-refractivity contribution in [1.29, 1.82) is 0 Å². The van der Waals surface area contributed by atoms with Gasteiger partial charge in [0.1, 0.15) is 11.6 Å². The summed E-state index contributed by atoms with van der Waals surface area (Å²) in [6.45, 7) is 4.83. The Labute approximate surface area is 167 Å². The summed E-state index contributed by atoms with van der Waals surface area (Å²) in [6, 6.07) is 8.01. The maximum atomic E-state index is 11.8. The van der Waals surface area contributed by atoms with E-state index in [0.29, 0.717) is 0 Å². The third kappa shape index (κ3) is 3.65. The number of aryl methyl sites for hydroxylation is 1. The molecular weight excluding hydrogens is 350 g/mol. The highest BCUT2D eigenvalue weighted by Gasteiger charge is 2.51. The molecule has 2 bridgehead atoms. The van der Waals surface area contributed by atoms with Gasteiger partial charge < -0.3 is 9.84 Å². The molecule has 1 aliphatic heterocycles. The summed E-state index contributed by atoms with van der Waals surface area (Å²) >= 11 is 0. The Morgan fingerprint density at radius 2 is 1.75 bits per heavy atom. The van der Waals surface area contributed by atoms with Crippen molar-refractivity contribution < 1.29 is 9.84 Å². The van der Waals surface area contributed by atoms with E-state index in [4.69, 9.17) is 4.74 Å². The number of nitrogens with zero attached hydrogens (tertiary/aromatic N) is 3. The Morgan fingerprint density at radius 3 is 2.32 bits per heavy atom. The summed E-state index contributed by atoms with van der Waals surface area (Å²) < 4.78 is 5.29. The highest BCUT2D eigenvalue weighted by Crippen LogP contribution is 2.49. The summed E-state index contributed by atoms with van der Waals surface area (Å²) in [5.41, 5.74) is 1.46. The largest absolute Gasteiger partial charge is 0.497 e. The molecule has 1 saturated carbocycles. The summed E-state index contributed by atoms with van der Waals surface area (Å²) in [5.74, 6) is 2.28. The second kappa shape index (κ2) is 8.18. The molecule has 1 aliphatic carbocycles. The molecule has 4 rings (SSSR count). The van der Waals surface area contributed by atoms with Crippen LogP contribution in [0.15, 0.2) is 36.7 Å². The van der Waals surface area contributed by atoms with Crippen molar-refractivity contribution >= 4 is 0 Å². The molecule has 5 nitrogen and oxygen atoms in total. The Kier molecular flexibility index (Phi) is 5.65. The van der Waals surface area contributed by atoms with Gasteiger partial charge in [-0.3, -0.25) is 4.90 Å². The minimum absolute atomic E-state index is 0.258. The first-order valence-corrected chi connectivity index (χ1v) is 10.5. The highest BCUT2D eigenvalue weighted by molar-refractivity contribution is 5.33. The molecular formula is C23H31N3O2. The highest BCUT2D eigenvalue weighted by atomic mass is 16.5. The number of aromatic nitrogens is 2. The number of hydrogen-bond acceptors (Lipinski definition) is 5. The molecule has 1 saturated heterocycles. The van der Waals surface area contributed by atoms with Gasteiger partial charge >= 0.3 is 0 Å². The van der Waals surface area contributed by atoms with Gasteiger partial charge in [0.25, 0.3) is 0 Å². The quantitative estimate of drug-likeness (QED) is 0.829. The zero-order valence-corrected chi connectivity index (χ0v) is 17.0. The van der Waals surface area contributed by atoms with Crippen molar-refractivity contribution in [3.8, 4) is 5.75 Å². The number of methoxy groups -OCH3 is 1. The van der Waals surface area contributed by atoms with E-state index in [2.05, 4.69) is 21.8 Å². The van der Waals surface area contributed by atoms with E-state index in [9.17, 15) is 5.11 Å². The molecule has 1 aromatic carbocycles. The molecule has 0 unspecified atom stereocenters. The maximum absolute atomic E-state index is 11.8. The van der Waals surface area contributed by atoms with Gasteiger partial charge in [0, 0.05) is 55.8 Å². The van der Waals surface area contributed by atoms with Gasteiger partial charge in [-0.25, -0.2) is 9.97 Å². The second-order valence-electron chi connectivity index (χ2n) is 8.33. The van der Waals surface area contributed by atoms with Crippen molar-refractivity contribution in [3.05, 3.63) is 53.6 Å². The summed E-state index contributed by atoms with van der Waals surface area (Å²) in [5, 5.41) is 11.8. The van der Waals surface area contributed by atoms with Crippen LogP contribution >= 0.6 is 0 Å². The number of ether oxygens (including phenoxy) is 1. The lowest BCUT2D eigenvalue weighted by Gasteiger charge is -2.53. The Hall–Kier alpha value is -1.98. The minimum Gasteiger partial charge on any atom is -0.497 e. The molecule has 0 radical (unpaired) electrons. The number of benzene rings is 1. The summed E-state index contributed by atoms with van der Waals surface area (Å²) in [4.78, 5) is 11.5. The average molecular weight is 382 g/mol. The molecule has 2 aromatic rings. The van der Waals surface area contributed by atoms with E-state index >= 15 is 0 Å². The van der Waals surface area contributed by atoms with Crippen molar-refractivity contribution in [2.24, 2.45) is 11.8 Å². The number of aliphatic hydroxyl groups is 1. The number of fused-ring (bicyclic) bond motifs is 2. The van der Waals surface area contributed by atoms with Gasteiger partial charge in [-0.05, 0) is 37.0 Å². The summed E-state index contributed by atoms with van der Waals surface area (Å²) in [6.07, 6.45) is 9.29. The van der Waals surface area contributed by atoms with E-state index in [1.54, 1.807) is 7.11 Å². The van der Waals surface area contributed by atoms with Crippen LogP contribution in [0.2, 0.25) is 0 Å². The van der Waals surface area contributed by atoms with Gasteiger partial charge in [-0.1, -0.05) is 25.5 Å². The van der Waals surface area contributed by atoms with Crippen molar-refractivity contribution in [2.75, 3.05) is 20.2 Å². The SMILES string of the molecule is CCCc1ncc(CN2C[C@@H]3CCC[C@@H](C2)C3(O)c2ccc(OC)cc2)cn1. The van der Waals surface area contributed by atoms with E-state index < -0.39 is 5.60 Å². The van der Waals surface area contributed by atoms with Crippen molar-refractivity contribution in [2.45, 2.75) is 51.2 Å². The van der Waals surface area contributed by atoms with Gasteiger partial charge in [0.05, 0.1) is 12.7 Å². The fourth-order valence-corrected chi connectivity index (χ4v) is 5.08.